The van der Waals surface area contributed by atoms with Gasteiger partial charge < -0.3 is 5.32 Å². The molecule has 21 heavy (non-hydrogen) atoms. The first-order valence-electron chi connectivity index (χ1n) is 8.80. The van der Waals surface area contributed by atoms with Crippen LogP contribution in [0.3, 0.4) is 0 Å². The molecule has 1 N–H and O–H groups in total. The van der Waals surface area contributed by atoms with E-state index in [1.807, 2.05) is 0 Å². The van der Waals surface area contributed by atoms with Crippen molar-refractivity contribution in [2.45, 2.75) is 58.8 Å². The topological polar surface area (TPSA) is 12.0 Å². The van der Waals surface area contributed by atoms with Gasteiger partial charge in [0.2, 0.25) is 0 Å². The van der Waals surface area contributed by atoms with Crippen molar-refractivity contribution in [1.29, 1.82) is 0 Å². The third-order valence-electron chi connectivity index (χ3n) is 6.14. The van der Waals surface area contributed by atoms with Gasteiger partial charge in [0.1, 0.15) is 0 Å². The van der Waals surface area contributed by atoms with Crippen molar-refractivity contribution in [2.24, 2.45) is 16.7 Å². The van der Waals surface area contributed by atoms with Crippen molar-refractivity contribution >= 4 is 0 Å². The van der Waals surface area contributed by atoms with Gasteiger partial charge in [-0.15, -0.1) is 0 Å². The monoisotopic (exact) mass is 285 g/mol. The van der Waals surface area contributed by atoms with Crippen LogP contribution in [0.5, 0.6) is 0 Å². The Balaban J connectivity index is 2.01. The second kappa shape index (κ2) is 5.76. The highest BCUT2D eigenvalue weighted by molar-refractivity contribution is 5.25. The van der Waals surface area contributed by atoms with E-state index < -0.39 is 0 Å². The molecule has 3 atom stereocenters. The van der Waals surface area contributed by atoms with Gasteiger partial charge in [-0.3, -0.25) is 0 Å². The maximum Gasteiger partial charge on any atom is 0.00256 e. The van der Waals surface area contributed by atoms with Gasteiger partial charge in [0.25, 0.3) is 0 Å². The molecule has 1 aliphatic heterocycles. The minimum atomic E-state index is 0.421. The van der Waals surface area contributed by atoms with E-state index in [1.54, 1.807) is 5.56 Å². The van der Waals surface area contributed by atoms with Gasteiger partial charge in [0.05, 0.1) is 0 Å². The highest BCUT2D eigenvalue weighted by Crippen LogP contribution is 2.59. The third kappa shape index (κ3) is 2.77. The molecule has 2 fully saturated rings. The molecule has 0 amide bonds. The van der Waals surface area contributed by atoms with E-state index in [4.69, 9.17) is 0 Å². The van der Waals surface area contributed by atoms with Gasteiger partial charge in [-0.1, -0.05) is 63.9 Å². The van der Waals surface area contributed by atoms with E-state index in [9.17, 15) is 0 Å². The molecule has 1 saturated carbocycles. The fourth-order valence-electron chi connectivity index (χ4n) is 5.36. The van der Waals surface area contributed by atoms with E-state index >= 15 is 0 Å². The van der Waals surface area contributed by atoms with Crippen molar-refractivity contribution < 1.29 is 0 Å². The first-order valence-corrected chi connectivity index (χ1v) is 8.80. The number of benzene rings is 1. The second-order valence-electron chi connectivity index (χ2n) is 8.31. The Kier molecular flexibility index (Phi) is 4.14. The Morgan fingerprint density at radius 2 is 1.81 bits per heavy atom. The van der Waals surface area contributed by atoms with Gasteiger partial charge in [-0.25, -0.2) is 0 Å². The smallest absolute Gasteiger partial charge is 0.00256 e. The summed E-state index contributed by atoms with van der Waals surface area (Å²) in [6.07, 6.45) is 7.06. The lowest BCUT2D eigenvalue weighted by atomic mass is 9.50. The van der Waals surface area contributed by atoms with Crippen LogP contribution in [0.25, 0.3) is 0 Å². The van der Waals surface area contributed by atoms with Crippen LogP contribution in [0.2, 0.25) is 0 Å². The van der Waals surface area contributed by atoms with E-state index in [0.29, 0.717) is 16.7 Å². The van der Waals surface area contributed by atoms with Crippen LogP contribution in [0.15, 0.2) is 30.3 Å². The summed E-state index contributed by atoms with van der Waals surface area (Å²) in [5.41, 5.74) is 2.49. The maximum atomic E-state index is 3.68. The Labute approximate surface area is 130 Å². The number of rotatable bonds is 1. The van der Waals surface area contributed by atoms with E-state index in [0.717, 1.165) is 12.5 Å². The van der Waals surface area contributed by atoms with E-state index in [2.05, 4.69) is 56.4 Å². The van der Waals surface area contributed by atoms with Crippen LogP contribution >= 0.6 is 0 Å². The summed E-state index contributed by atoms with van der Waals surface area (Å²) in [6.45, 7) is 9.77. The van der Waals surface area contributed by atoms with Crippen LogP contribution in [0.1, 0.15) is 64.4 Å². The van der Waals surface area contributed by atoms with E-state index in [1.165, 1.54) is 38.6 Å². The second-order valence-corrected chi connectivity index (χ2v) is 8.31. The van der Waals surface area contributed by atoms with Crippen molar-refractivity contribution in [3.8, 4) is 0 Å². The molecular formula is C20H31N. The lowest BCUT2D eigenvalue weighted by Crippen LogP contribution is -2.52. The summed E-state index contributed by atoms with van der Waals surface area (Å²) < 4.78 is 0. The minimum Gasteiger partial charge on any atom is -0.316 e. The van der Waals surface area contributed by atoms with Crippen LogP contribution in [-0.2, 0) is 0 Å². The highest BCUT2D eigenvalue weighted by Gasteiger charge is 2.51. The van der Waals surface area contributed by atoms with Gasteiger partial charge in [0.15, 0.2) is 0 Å². The number of hydrogen-bond donors (Lipinski definition) is 1. The normalized spacial score (nSPS) is 34.0. The molecule has 1 spiro atoms. The molecule has 1 heterocycles. The van der Waals surface area contributed by atoms with Crippen LogP contribution in [0, 0.1) is 16.7 Å². The van der Waals surface area contributed by atoms with Crippen LogP contribution in [-0.4, -0.2) is 13.1 Å². The zero-order valence-corrected chi connectivity index (χ0v) is 14.0. The zero-order chi connectivity index (χ0) is 14.9. The summed E-state index contributed by atoms with van der Waals surface area (Å²) in [6, 6.07) is 11.3. The summed E-state index contributed by atoms with van der Waals surface area (Å²) >= 11 is 0. The summed E-state index contributed by atoms with van der Waals surface area (Å²) in [5.74, 6) is 1.54. The summed E-state index contributed by atoms with van der Waals surface area (Å²) in [4.78, 5) is 0. The molecule has 0 bridgehead atoms. The first-order chi connectivity index (χ1) is 10.0. The quantitative estimate of drug-likeness (QED) is 0.767. The molecule has 1 saturated heterocycles. The molecule has 116 valence electrons. The van der Waals surface area contributed by atoms with Crippen molar-refractivity contribution in [3.05, 3.63) is 35.9 Å². The first kappa shape index (κ1) is 15.1. The number of hydrogen-bond acceptors (Lipinski definition) is 1. The molecule has 1 heteroatoms. The maximum absolute atomic E-state index is 3.68. The van der Waals surface area contributed by atoms with Crippen molar-refractivity contribution in [1.82, 2.24) is 5.32 Å². The Hall–Kier alpha value is -0.820. The highest BCUT2D eigenvalue weighted by atomic mass is 14.9. The molecule has 0 radical (unpaired) electrons. The summed E-state index contributed by atoms with van der Waals surface area (Å²) in [5, 5.41) is 3.68. The predicted octanol–water partition coefficient (Wildman–Crippen LogP) is 4.99. The number of nitrogens with one attached hydrogen (secondary N) is 1. The Bertz CT molecular complexity index is 452. The summed E-state index contributed by atoms with van der Waals surface area (Å²) in [7, 11) is 0. The standard InChI is InChI=1S/C20H31N/c1-19(2,3)18-11-7-8-12-20(18)13-14-21-15-17(20)16-9-5-4-6-10-16/h4-6,9-10,17-18,21H,7-8,11-15H2,1-3H3. The van der Waals surface area contributed by atoms with Gasteiger partial charge in [-0.2, -0.15) is 0 Å². The Morgan fingerprint density at radius 3 is 2.52 bits per heavy atom. The zero-order valence-electron chi connectivity index (χ0n) is 14.0. The number of piperidine rings is 1. The van der Waals surface area contributed by atoms with Crippen molar-refractivity contribution in [2.75, 3.05) is 13.1 Å². The molecule has 2 aliphatic rings. The van der Waals surface area contributed by atoms with Crippen LogP contribution in [0.4, 0.5) is 0 Å². The predicted molar refractivity (Wildman–Crippen MR) is 90.5 cm³/mol. The fraction of sp³-hybridized carbons (Fsp3) is 0.700. The molecule has 0 aromatic heterocycles. The molecule has 1 aromatic carbocycles. The molecule has 3 rings (SSSR count). The largest absolute Gasteiger partial charge is 0.316 e. The van der Waals surface area contributed by atoms with E-state index in [-0.39, 0.29) is 0 Å². The van der Waals surface area contributed by atoms with Gasteiger partial charge >= 0.3 is 0 Å². The molecule has 1 aliphatic carbocycles. The molecule has 1 nitrogen and oxygen atoms in total. The molecular weight excluding hydrogens is 254 g/mol. The van der Waals surface area contributed by atoms with Crippen LogP contribution < -0.4 is 5.32 Å². The third-order valence-corrected chi connectivity index (χ3v) is 6.14. The molecule has 1 aromatic rings. The van der Waals surface area contributed by atoms with Crippen molar-refractivity contribution in [3.63, 3.8) is 0 Å². The fourth-order valence-corrected chi connectivity index (χ4v) is 5.36. The lowest BCUT2D eigenvalue weighted by Gasteiger charge is -2.56. The molecule has 3 unspecified atom stereocenters. The lowest BCUT2D eigenvalue weighted by molar-refractivity contribution is -0.0301. The SMILES string of the molecule is CC(C)(C)C1CCCCC12CCNCC2c1ccccc1. The Morgan fingerprint density at radius 1 is 1.05 bits per heavy atom. The van der Waals surface area contributed by atoms with Gasteiger partial charge in [0, 0.05) is 12.5 Å². The minimum absolute atomic E-state index is 0.421. The van der Waals surface area contributed by atoms with Gasteiger partial charge in [-0.05, 0) is 48.1 Å². The average Bonchev–Trinajstić information content (AvgIpc) is 2.48. The average molecular weight is 285 g/mol.